The molecule has 0 spiro atoms. The molecule has 0 radical (unpaired) electrons. The largest absolute Gasteiger partial charge is 0.490 e. The first kappa shape index (κ1) is 13.1. The maximum absolute atomic E-state index is 5.78. The Balaban J connectivity index is 1.81. The van der Waals surface area contributed by atoms with Gasteiger partial charge in [0.1, 0.15) is 5.75 Å². The molecule has 1 fully saturated rings. The topological polar surface area (TPSA) is 34.1 Å². The molecule has 1 unspecified atom stereocenters. The Morgan fingerprint density at radius 3 is 2.55 bits per heavy atom. The highest BCUT2D eigenvalue weighted by Crippen LogP contribution is 2.28. The van der Waals surface area contributed by atoms with Crippen LogP contribution in [0.5, 0.6) is 5.75 Å². The average Bonchev–Trinajstić information content (AvgIpc) is 3.26. The van der Waals surface area contributed by atoms with Crippen molar-refractivity contribution in [2.24, 2.45) is 0 Å². The fourth-order valence-corrected chi connectivity index (χ4v) is 2.32. The highest BCUT2D eigenvalue weighted by Gasteiger charge is 2.23. The summed E-state index contributed by atoms with van der Waals surface area (Å²) < 4.78 is 5.78. The zero-order valence-corrected chi connectivity index (χ0v) is 12.0. The summed E-state index contributed by atoms with van der Waals surface area (Å²) in [6, 6.07) is 12.6. The van der Waals surface area contributed by atoms with E-state index in [9.17, 15) is 0 Å². The molecule has 1 N–H and O–H groups in total. The maximum Gasteiger partial charge on any atom is 0.119 e. The minimum absolute atomic E-state index is 0.116. The van der Waals surface area contributed by atoms with Gasteiger partial charge in [0.2, 0.25) is 0 Å². The van der Waals surface area contributed by atoms with Crippen LogP contribution in [0.25, 0.3) is 0 Å². The molecule has 0 saturated heterocycles. The number of nitrogens with zero attached hydrogens (tertiary/aromatic N) is 1. The van der Waals surface area contributed by atoms with Crippen LogP contribution in [0.15, 0.2) is 42.6 Å². The summed E-state index contributed by atoms with van der Waals surface area (Å²) >= 11 is 0. The fraction of sp³-hybridized carbons (Fsp3) is 0.353. The molecule has 1 saturated carbocycles. The van der Waals surface area contributed by atoms with Gasteiger partial charge in [0.25, 0.3) is 0 Å². The lowest BCUT2D eigenvalue weighted by Crippen LogP contribution is -2.18. The number of hydrogen-bond acceptors (Lipinski definition) is 3. The first-order valence-corrected chi connectivity index (χ1v) is 7.12. The molecule has 20 heavy (non-hydrogen) atoms. The SMILES string of the molecule is CNC(c1ccc(OC2CC2)cc1)c1cc(C)ccn1. The normalized spacial score (nSPS) is 15.9. The molecule has 2 aromatic rings. The lowest BCUT2D eigenvalue weighted by molar-refractivity contribution is 0.303. The number of ether oxygens (including phenoxy) is 1. The molecular weight excluding hydrogens is 248 g/mol. The Morgan fingerprint density at radius 1 is 1.20 bits per heavy atom. The molecule has 1 aromatic carbocycles. The van der Waals surface area contributed by atoms with E-state index in [-0.39, 0.29) is 6.04 Å². The molecule has 1 atom stereocenters. The van der Waals surface area contributed by atoms with Gasteiger partial charge < -0.3 is 10.1 Å². The van der Waals surface area contributed by atoms with Crippen LogP contribution in [-0.2, 0) is 0 Å². The molecule has 0 aliphatic heterocycles. The molecule has 1 aromatic heterocycles. The van der Waals surface area contributed by atoms with E-state index in [4.69, 9.17) is 4.74 Å². The zero-order chi connectivity index (χ0) is 13.9. The minimum Gasteiger partial charge on any atom is -0.490 e. The van der Waals surface area contributed by atoms with Crippen molar-refractivity contribution in [2.45, 2.75) is 31.9 Å². The summed E-state index contributed by atoms with van der Waals surface area (Å²) in [5, 5.41) is 3.33. The maximum atomic E-state index is 5.78. The van der Waals surface area contributed by atoms with Crippen molar-refractivity contribution in [3.63, 3.8) is 0 Å². The third-order valence-electron chi connectivity index (χ3n) is 3.56. The predicted molar refractivity (Wildman–Crippen MR) is 80.0 cm³/mol. The molecule has 104 valence electrons. The van der Waals surface area contributed by atoms with Gasteiger partial charge in [-0.05, 0) is 62.2 Å². The lowest BCUT2D eigenvalue weighted by Gasteiger charge is -2.17. The summed E-state index contributed by atoms with van der Waals surface area (Å²) in [7, 11) is 1.96. The number of aromatic nitrogens is 1. The first-order chi connectivity index (χ1) is 9.76. The fourth-order valence-electron chi connectivity index (χ4n) is 2.32. The van der Waals surface area contributed by atoms with Crippen molar-refractivity contribution in [3.8, 4) is 5.75 Å². The van der Waals surface area contributed by atoms with E-state index in [1.807, 2.05) is 31.4 Å². The van der Waals surface area contributed by atoms with Gasteiger partial charge >= 0.3 is 0 Å². The number of nitrogens with one attached hydrogen (secondary N) is 1. The quantitative estimate of drug-likeness (QED) is 0.904. The van der Waals surface area contributed by atoms with Crippen molar-refractivity contribution in [1.29, 1.82) is 0 Å². The van der Waals surface area contributed by atoms with E-state index in [1.165, 1.54) is 24.0 Å². The molecule has 1 heterocycles. The third kappa shape index (κ3) is 2.99. The van der Waals surface area contributed by atoms with Crippen LogP contribution in [-0.4, -0.2) is 18.1 Å². The molecule has 1 aliphatic carbocycles. The summed E-state index contributed by atoms with van der Waals surface area (Å²) in [6.07, 6.45) is 4.68. The minimum atomic E-state index is 0.116. The first-order valence-electron chi connectivity index (χ1n) is 7.12. The molecule has 3 rings (SSSR count). The Kier molecular flexibility index (Phi) is 3.70. The van der Waals surface area contributed by atoms with Gasteiger partial charge in [0.15, 0.2) is 0 Å². The monoisotopic (exact) mass is 268 g/mol. The predicted octanol–water partition coefficient (Wildman–Crippen LogP) is 3.24. The molecule has 0 bridgehead atoms. The summed E-state index contributed by atoms with van der Waals surface area (Å²) in [5.74, 6) is 0.961. The second-order valence-electron chi connectivity index (χ2n) is 5.37. The summed E-state index contributed by atoms with van der Waals surface area (Å²) in [6.45, 7) is 2.09. The number of aryl methyl sites for hydroxylation is 1. The van der Waals surface area contributed by atoms with Crippen molar-refractivity contribution < 1.29 is 4.74 Å². The van der Waals surface area contributed by atoms with E-state index < -0.39 is 0 Å². The van der Waals surface area contributed by atoms with Crippen LogP contribution in [0, 0.1) is 6.92 Å². The lowest BCUT2D eigenvalue weighted by atomic mass is 10.0. The van der Waals surface area contributed by atoms with Crippen molar-refractivity contribution >= 4 is 0 Å². The van der Waals surface area contributed by atoms with Gasteiger partial charge in [-0.1, -0.05) is 12.1 Å². The van der Waals surface area contributed by atoms with E-state index >= 15 is 0 Å². The van der Waals surface area contributed by atoms with Crippen molar-refractivity contribution in [3.05, 3.63) is 59.4 Å². The molecule has 0 amide bonds. The highest BCUT2D eigenvalue weighted by molar-refractivity contribution is 5.34. The summed E-state index contributed by atoms with van der Waals surface area (Å²) in [4.78, 5) is 4.47. The third-order valence-corrected chi connectivity index (χ3v) is 3.56. The van der Waals surface area contributed by atoms with E-state index in [1.54, 1.807) is 0 Å². The Morgan fingerprint density at radius 2 is 1.95 bits per heavy atom. The Hall–Kier alpha value is -1.87. The number of rotatable bonds is 5. The van der Waals surface area contributed by atoms with Crippen molar-refractivity contribution in [1.82, 2.24) is 10.3 Å². The molecule has 3 nitrogen and oxygen atoms in total. The van der Waals surface area contributed by atoms with E-state index in [0.717, 1.165) is 11.4 Å². The van der Waals surface area contributed by atoms with E-state index in [0.29, 0.717) is 6.10 Å². The second kappa shape index (κ2) is 5.63. The Bertz CT molecular complexity index is 576. The number of hydrogen-bond donors (Lipinski definition) is 1. The molecular formula is C17H20N2O. The van der Waals surface area contributed by atoms with Gasteiger partial charge in [-0.15, -0.1) is 0 Å². The van der Waals surface area contributed by atoms with Crippen molar-refractivity contribution in [2.75, 3.05) is 7.05 Å². The standard InChI is InChI=1S/C17H20N2O/c1-12-9-10-19-16(11-12)17(18-2)13-3-5-14(6-4-13)20-15-7-8-15/h3-6,9-11,15,17-18H,7-8H2,1-2H3. The van der Waals surface area contributed by atoms with Crippen LogP contribution >= 0.6 is 0 Å². The molecule has 3 heteroatoms. The van der Waals surface area contributed by atoms with Crippen LogP contribution < -0.4 is 10.1 Å². The van der Waals surface area contributed by atoms with E-state index in [2.05, 4.69) is 35.4 Å². The number of pyridine rings is 1. The van der Waals surface area contributed by atoms with Gasteiger partial charge in [-0.2, -0.15) is 0 Å². The van der Waals surface area contributed by atoms with Gasteiger partial charge in [0, 0.05) is 6.20 Å². The highest BCUT2D eigenvalue weighted by atomic mass is 16.5. The van der Waals surface area contributed by atoms with Gasteiger partial charge in [0.05, 0.1) is 17.8 Å². The summed E-state index contributed by atoms with van der Waals surface area (Å²) in [5.41, 5.74) is 3.47. The smallest absolute Gasteiger partial charge is 0.119 e. The van der Waals surface area contributed by atoms with Gasteiger partial charge in [-0.25, -0.2) is 0 Å². The number of benzene rings is 1. The second-order valence-corrected chi connectivity index (χ2v) is 5.37. The van der Waals surface area contributed by atoms with Crippen LogP contribution in [0.2, 0.25) is 0 Å². The van der Waals surface area contributed by atoms with Crippen LogP contribution in [0.4, 0.5) is 0 Å². The van der Waals surface area contributed by atoms with Gasteiger partial charge in [-0.3, -0.25) is 4.98 Å². The molecule has 1 aliphatic rings. The Labute approximate surface area is 120 Å². The van der Waals surface area contributed by atoms with Crippen LogP contribution in [0.1, 0.15) is 35.7 Å². The average molecular weight is 268 g/mol. The zero-order valence-electron chi connectivity index (χ0n) is 12.0. The van der Waals surface area contributed by atoms with Crippen LogP contribution in [0.3, 0.4) is 0 Å².